The Bertz CT molecular complexity index is 303. The Hall–Kier alpha value is -0.610. The first kappa shape index (κ1) is 14.8. The maximum absolute atomic E-state index is 12.7. The number of rotatable bonds is 4. The van der Waals surface area contributed by atoms with E-state index in [0.29, 0.717) is 11.8 Å². The minimum Gasteiger partial charge on any atom is -0.376 e. The number of amides is 1. The van der Waals surface area contributed by atoms with Gasteiger partial charge in [0.1, 0.15) is 0 Å². The fraction of sp³-hybridized carbons (Fsp3) is 0.933. The Balaban J connectivity index is 1.94. The van der Waals surface area contributed by atoms with Crippen molar-refractivity contribution in [1.82, 2.24) is 4.90 Å². The monoisotopic (exact) mass is 268 g/mol. The zero-order valence-corrected chi connectivity index (χ0v) is 12.3. The van der Waals surface area contributed by atoms with Gasteiger partial charge in [-0.15, -0.1) is 0 Å². The molecule has 4 unspecified atom stereocenters. The fourth-order valence-corrected chi connectivity index (χ4v) is 3.39. The molecule has 0 aromatic rings. The van der Waals surface area contributed by atoms with E-state index in [9.17, 15) is 4.79 Å². The van der Waals surface area contributed by atoms with Gasteiger partial charge in [-0.1, -0.05) is 13.3 Å². The van der Waals surface area contributed by atoms with Crippen molar-refractivity contribution in [3.8, 4) is 0 Å². The zero-order chi connectivity index (χ0) is 13.8. The molecule has 0 radical (unpaired) electrons. The molecule has 1 heterocycles. The molecule has 4 nitrogen and oxygen atoms in total. The van der Waals surface area contributed by atoms with E-state index in [2.05, 4.69) is 13.8 Å². The summed E-state index contributed by atoms with van der Waals surface area (Å²) in [7, 11) is 0. The molecule has 2 fully saturated rings. The SMILES string of the molecule is CCN(CC1CCCO1)C(=O)C1CCCC(N)C1C. The van der Waals surface area contributed by atoms with Gasteiger partial charge in [0.05, 0.1) is 6.10 Å². The molecule has 110 valence electrons. The van der Waals surface area contributed by atoms with Crippen LogP contribution in [-0.4, -0.2) is 42.6 Å². The summed E-state index contributed by atoms with van der Waals surface area (Å²) >= 11 is 0. The lowest BCUT2D eigenvalue weighted by atomic mass is 9.76. The molecule has 1 amide bonds. The Morgan fingerprint density at radius 1 is 1.32 bits per heavy atom. The first-order valence-electron chi connectivity index (χ1n) is 7.79. The molecule has 1 aliphatic heterocycles. The number of ether oxygens (including phenoxy) is 1. The highest BCUT2D eigenvalue weighted by Gasteiger charge is 2.35. The van der Waals surface area contributed by atoms with E-state index < -0.39 is 0 Å². The summed E-state index contributed by atoms with van der Waals surface area (Å²) in [6.07, 6.45) is 5.60. The summed E-state index contributed by atoms with van der Waals surface area (Å²) in [6.45, 7) is 6.57. The lowest BCUT2D eigenvalue weighted by Crippen LogP contribution is -2.47. The van der Waals surface area contributed by atoms with Crippen LogP contribution in [0.5, 0.6) is 0 Å². The summed E-state index contributed by atoms with van der Waals surface area (Å²) < 4.78 is 5.65. The second kappa shape index (κ2) is 6.71. The molecule has 0 spiro atoms. The maximum atomic E-state index is 12.7. The molecule has 19 heavy (non-hydrogen) atoms. The van der Waals surface area contributed by atoms with Crippen LogP contribution in [0.2, 0.25) is 0 Å². The molecule has 1 aliphatic carbocycles. The number of hydrogen-bond acceptors (Lipinski definition) is 3. The predicted molar refractivity (Wildman–Crippen MR) is 75.7 cm³/mol. The smallest absolute Gasteiger partial charge is 0.226 e. The van der Waals surface area contributed by atoms with Gasteiger partial charge in [0.15, 0.2) is 0 Å². The molecule has 0 bridgehead atoms. The van der Waals surface area contributed by atoms with E-state index in [4.69, 9.17) is 10.5 Å². The number of nitrogens with two attached hydrogens (primary N) is 1. The van der Waals surface area contributed by atoms with E-state index in [0.717, 1.165) is 51.8 Å². The van der Waals surface area contributed by atoms with Crippen molar-refractivity contribution in [2.45, 2.75) is 58.1 Å². The van der Waals surface area contributed by atoms with Crippen molar-refractivity contribution in [2.24, 2.45) is 17.6 Å². The average Bonchev–Trinajstić information content (AvgIpc) is 2.91. The Kier molecular flexibility index (Phi) is 5.22. The first-order valence-corrected chi connectivity index (χ1v) is 7.79. The maximum Gasteiger partial charge on any atom is 0.226 e. The van der Waals surface area contributed by atoms with Crippen molar-refractivity contribution < 1.29 is 9.53 Å². The van der Waals surface area contributed by atoms with Crippen LogP contribution in [-0.2, 0) is 9.53 Å². The summed E-state index contributed by atoms with van der Waals surface area (Å²) in [5.74, 6) is 0.713. The van der Waals surface area contributed by atoms with Crippen LogP contribution >= 0.6 is 0 Å². The zero-order valence-electron chi connectivity index (χ0n) is 12.3. The number of carbonyl (C=O) groups is 1. The van der Waals surface area contributed by atoms with Crippen molar-refractivity contribution in [1.29, 1.82) is 0 Å². The highest BCUT2D eigenvalue weighted by molar-refractivity contribution is 5.79. The van der Waals surface area contributed by atoms with Gasteiger partial charge in [0.25, 0.3) is 0 Å². The fourth-order valence-electron chi connectivity index (χ4n) is 3.39. The normalized spacial score (nSPS) is 35.3. The minimum atomic E-state index is 0.116. The van der Waals surface area contributed by atoms with Crippen molar-refractivity contribution in [3.05, 3.63) is 0 Å². The summed E-state index contributed by atoms with van der Waals surface area (Å²) in [5.41, 5.74) is 6.12. The van der Waals surface area contributed by atoms with Gasteiger partial charge >= 0.3 is 0 Å². The second-order valence-corrected chi connectivity index (χ2v) is 6.07. The molecule has 1 saturated heterocycles. The molecular formula is C15H28N2O2. The van der Waals surface area contributed by atoms with Crippen LogP contribution in [0.4, 0.5) is 0 Å². The lowest BCUT2D eigenvalue weighted by Gasteiger charge is -2.36. The highest BCUT2D eigenvalue weighted by atomic mass is 16.5. The van der Waals surface area contributed by atoms with Gasteiger partial charge in [-0.25, -0.2) is 0 Å². The van der Waals surface area contributed by atoms with Crippen LogP contribution in [0.25, 0.3) is 0 Å². The van der Waals surface area contributed by atoms with Crippen molar-refractivity contribution in [2.75, 3.05) is 19.7 Å². The quantitative estimate of drug-likeness (QED) is 0.845. The van der Waals surface area contributed by atoms with E-state index in [-0.39, 0.29) is 18.1 Å². The van der Waals surface area contributed by atoms with E-state index in [1.807, 2.05) is 4.90 Å². The third kappa shape index (κ3) is 3.48. The molecular weight excluding hydrogens is 240 g/mol. The van der Waals surface area contributed by atoms with Gasteiger partial charge in [0.2, 0.25) is 5.91 Å². The molecule has 0 aromatic heterocycles. The van der Waals surface area contributed by atoms with Crippen LogP contribution in [0.1, 0.15) is 46.0 Å². The molecule has 2 rings (SSSR count). The van der Waals surface area contributed by atoms with Gasteiger partial charge in [-0.05, 0) is 38.5 Å². The van der Waals surface area contributed by atoms with E-state index in [1.54, 1.807) is 0 Å². The molecule has 4 atom stereocenters. The molecule has 1 saturated carbocycles. The number of hydrogen-bond donors (Lipinski definition) is 1. The topological polar surface area (TPSA) is 55.6 Å². The predicted octanol–water partition coefficient (Wildman–Crippen LogP) is 1.78. The summed E-state index contributed by atoms with van der Waals surface area (Å²) in [4.78, 5) is 14.7. The minimum absolute atomic E-state index is 0.116. The summed E-state index contributed by atoms with van der Waals surface area (Å²) in [6, 6.07) is 0.184. The third-order valence-corrected chi connectivity index (χ3v) is 4.82. The van der Waals surface area contributed by atoms with E-state index >= 15 is 0 Å². The third-order valence-electron chi connectivity index (χ3n) is 4.82. The number of nitrogens with zero attached hydrogens (tertiary/aromatic N) is 1. The van der Waals surface area contributed by atoms with Gasteiger partial charge in [0, 0.05) is 31.7 Å². The van der Waals surface area contributed by atoms with Crippen LogP contribution in [0, 0.1) is 11.8 Å². The van der Waals surface area contributed by atoms with Crippen molar-refractivity contribution in [3.63, 3.8) is 0 Å². The largest absolute Gasteiger partial charge is 0.376 e. The molecule has 2 N–H and O–H groups in total. The first-order chi connectivity index (χ1) is 9.13. The van der Waals surface area contributed by atoms with Crippen LogP contribution in [0.3, 0.4) is 0 Å². The van der Waals surface area contributed by atoms with Crippen LogP contribution < -0.4 is 5.73 Å². The van der Waals surface area contributed by atoms with E-state index in [1.165, 1.54) is 0 Å². The average molecular weight is 268 g/mol. The Morgan fingerprint density at radius 2 is 2.11 bits per heavy atom. The lowest BCUT2D eigenvalue weighted by molar-refractivity contribution is -0.140. The number of likely N-dealkylation sites (N-methyl/N-ethyl adjacent to an activating group) is 1. The van der Waals surface area contributed by atoms with Crippen molar-refractivity contribution >= 4 is 5.91 Å². The molecule has 0 aromatic carbocycles. The van der Waals surface area contributed by atoms with Gasteiger partial charge < -0.3 is 15.4 Å². The standard InChI is InChI=1S/C15H28N2O2/c1-3-17(10-12-6-5-9-19-12)15(18)13-7-4-8-14(16)11(13)2/h11-14H,3-10,16H2,1-2H3. The second-order valence-electron chi connectivity index (χ2n) is 6.07. The van der Waals surface area contributed by atoms with Gasteiger partial charge in [-0.3, -0.25) is 4.79 Å². The highest BCUT2D eigenvalue weighted by Crippen LogP contribution is 2.30. The summed E-state index contributed by atoms with van der Waals surface area (Å²) in [5, 5.41) is 0. The molecule has 2 aliphatic rings. The Morgan fingerprint density at radius 3 is 2.74 bits per heavy atom. The van der Waals surface area contributed by atoms with Crippen LogP contribution in [0.15, 0.2) is 0 Å². The van der Waals surface area contributed by atoms with Gasteiger partial charge in [-0.2, -0.15) is 0 Å². The number of carbonyl (C=O) groups excluding carboxylic acids is 1. The molecule has 4 heteroatoms. The Labute approximate surface area is 116 Å².